The zero-order valence-corrected chi connectivity index (χ0v) is 12.8. The fourth-order valence-electron chi connectivity index (χ4n) is 3.94. The Morgan fingerprint density at radius 2 is 2.10 bits per heavy atom. The molecule has 0 aromatic heterocycles. The monoisotopic (exact) mass is 273 g/mol. The van der Waals surface area contributed by atoms with Crippen LogP contribution in [0.25, 0.3) is 0 Å². The number of nitrogens with zero attached hydrogens (tertiary/aromatic N) is 1. The number of hydrogen-bond donors (Lipinski definition) is 2. The summed E-state index contributed by atoms with van der Waals surface area (Å²) in [6.07, 6.45) is 3.79. The second-order valence-corrected chi connectivity index (χ2v) is 6.33. The van der Waals surface area contributed by atoms with Crippen molar-refractivity contribution in [2.75, 3.05) is 38.1 Å². The van der Waals surface area contributed by atoms with Crippen molar-refractivity contribution in [1.29, 1.82) is 0 Å². The summed E-state index contributed by atoms with van der Waals surface area (Å²) in [4.78, 5) is 2.61. The van der Waals surface area contributed by atoms with Crippen molar-refractivity contribution in [1.82, 2.24) is 10.6 Å². The van der Waals surface area contributed by atoms with E-state index in [4.69, 9.17) is 0 Å². The second kappa shape index (κ2) is 5.74. The third-order valence-electron chi connectivity index (χ3n) is 4.90. The molecule has 20 heavy (non-hydrogen) atoms. The highest BCUT2D eigenvalue weighted by Crippen LogP contribution is 2.46. The van der Waals surface area contributed by atoms with Gasteiger partial charge in [0.15, 0.2) is 0 Å². The molecule has 2 aliphatic rings. The lowest BCUT2D eigenvalue weighted by Gasteiger charge is -2.35. The van der Waals surface area contributed by atoms with Crippen LogP contribution in [0.1, 0.15) is 37.3 Å². The number of fused-ring (bicyclic) bond motifs is 2. The maximum absolute atomic E-state index is 3.52. The standard InChI is InChI=1S/C17H27N3/c1-3-10-20-13-17(6-8-19-9-7-17)15-11-14(12-18-2)4-5-16(15)20/h4-5,11,18-19H,3,6-10,12-13H2,1-2H3. The van der Waals surface area contributed by atoms with Gasteiger partial charge in [0.2, 0.25) is 0 Å². The van der Waals surface area contributed by atoms with Gasteiger partial charge in [-0.15, -0.1) is 0 Å². The van der Waals surface area contributed by atoms with Crippen LogP contribution in [0.3, 0.4) is 0 Å². The fraction of sp³-hybridized carbons (Fsp3) is 0.647. The summed E-state index contributed by atoms with van der Waals surface area (Å²) in [5.41, 5.74) is 4.93. The fourth-order valence-corrected chi connectivity index (χ4v) is 3.94. The molecule has 1 fully saturated rings. The largest absolute Gasteiger partial charge is 0.370 e. The van der Waals surface area contributed by atoms with E-state index in [-0.39, 0.29) is 0 Å². The van der Waals surface area contributed by atoms with E-state index >= 15 is 0 Å². The first kappa shape index (κ1) is 13.9. The molecular formula is C17H27N3. The second-order valence-electron chi connectivity index (χ2n) is 6.33. The zero-order chi connectivity index (χ0) is 14.0. The van der Waals surface area contributed by atoms with Crippen LogP contribution in [0.5, 0.6) is 0 Å². The molecule has 1 aromatic carbocycles. The molecule has 0 saturated carbocycles. The van der Waals surface area contributed by atoms with Gasteiger partial charge in [0.25, 0.3) is 0 Å². The van der Waals surface area contributed by atoms with E-state index in [1.165, 1.54) is 43.6 Å². The third-order valence-corrected chi connectivity index (χ3v) is 4.90. The van der Waals surface area contributed by atoms with Crippen molar-refractivity contribution < 1.29 is 0 Å². The van der Waals surface area contributed by atoms with Gasteiger partial charge in [0.1, 0.15) is 0 Å². The van der Waals surface area contributed by atoms with Crippen molar-refractivity contribution in [3.8, 4) is 0 Å². The molecule has 3 heteroatoms. The zero-order valence-electron chi connectivity index (χ0n) is 12.8. The normalized spacial score (nSPS) is 20.4. The van der Waals surface area contributed by atoms with E-state index in [0.717, 1.165) is 19.6 Å². The van der Waals surface area contributed by atoms with Gasteiger partial charge in [-0.3, -0.25) is 0 Å². The Balaban J connectivity index is 1.98. The highest BCUT2D eigenvalue weighted by atomic mass is 15.2. The first-order valence-electron chi connectivity index (χ1n) is 8.03. The lowest BCUT2D eigenvalue weighted by Crippen LogP contribution is -2.43. The lowest BCUT2D eigenvalue weighted by molar-refractivity contribution is 0.325. The molecule has 1 saturated heterocycles. The van der Waals surface area contributed by atoms with Crippen molar-refractivity contribution in [2.24, 2.45) is 0 Å². The summed E-state index contributed by atoms with van der Waals surface area (Å²) < 4.78 is 0. The van der Waals surface area contributed by atoms with Crippen LogP contribution in [-0.4, -0.2) is 33.2 Å². The molecule has 0 atom stereocenters. The molecule has 0 aliphatic carbocycles. The van der Waals surface area contributed by atoms with Gasteiger partial charge in [-0.1, -0.05) is 19.1 Å². The van der Waals surface area contributed by atoms with Crippen LogP contribution in [-0.2, 0) is 12.0 Å². The number of nitrogens with one attached hydrogen (secondary N) is 2. The van der Waals surface area contributed by atoms with Gasteiger partial charge in [-0.05, 0) is 56.6 Å². The molecule has 0 radical (unpaired) electrons. The molecule has 110 valence electrons. The Kier molecular flexibility index (Phi) is 3.99. The number of piperidine rings is 1. The van der Waals surface area contributed by atoms with Crippen LogP contribution >= 0.6 is 0 Å². The van der Waals surface area contributed by atoms with Crippen molar-refractivity contribution in [3.63, 3.8) is 0 Å². The smallest absolute Gasteiger partial charge is 0.0405 e. The Morgan fingerprint density at radius 1 is 1.30 bits per heavy atom. The van der Waals surface area contributed by atoms with E-state index < -0.39 is 0 Å². The number of hydrogen-bond acceptors (Lipinski definition) is 3. The Labute approximate surface area is 122 Å². The maximum Gasteiger partial charge on any atom is 0.0405 e. The molecule has 3 rings (SSSR count). The lowest BCUT2D eigenvalue weighted by atomic mass is 9.74. The highest BCUT2D eigenvalue weighted by molar-refractivity contribution is 5.64. The molecule has 1 aromatic rings. The Hall–Kier alpha value is -1.06. The summed E-state index contributed by atoms with van der Waals surface area (Å²) in [5.74, 6) is 0. The van der Waals surface area contributed by atoms with Crippen LogP contribution < -0.4 is 15.5 Å². The van der Waals surface area contributed by atoms with Crippen LogP contribution in [0.4, 0.5) is 5.69 Å². The van der Waals surface area contributed by atoms with Gasteiger partial charge in [0.05, 0.1) is 0 Å². The van der Waals surface area contributed by atoms with Gasteiger partial charge < -0.3 is 15.5 Å². The summed E-state index contributed by atoms with van der Waals surface area (Å²) in [6.45, 7) is 7.98. The Morgan fingerprint density at radius 3 is 2.80 bits per heavy atom. The predicted molar refractivity (Wildman–Crippen MR) is 85.5 cm³/mol. The number of anilines is 1. The molecular weight excluding hydrogens is 246 g/mol. The molecule has 2 aliphatic heterocycles. The minimum absolute atomic E-state index is 0.402. The van der Waals surface area contributed by atoms with E-state index in [2.05, 4.69) is 40.7 Å². The predicted octanol–water partition coefficient (Wildman–Crippen LogP) is 2.26. The minimum atomic E-state index is 0.402. The molecule has 1 spiro atoms. The molecule has 0 amide bonds. The molecule has 0 bridgehead atoms. The van der Waals surface area contributed by atoms with E-state index in [9.17, 15) is 0 Å². The van der Waals surface area contributed by atoms with Crippen LogP contribution in [0, 0.1) is 0 Å². The molecule has 2 N–H and O–H groups in total. The van der Waals surface area contributed by atoms with E-state index in [0.29, 0.717) is 5.41 Å². The van der Waals surface area contributed by atoms with Gasteiger partial charge in [-0.2, -0.15) is 0 Å². The average molecular weight is 273 g/mol. The number of benzene rings is 1. The topological polar surface area (TPSA) is 27.3 Å². The summed E-state index contributed by atoms with van der Waals surface area (Å²) >= 11 is 0. The van der Waals surface area contributed by atoms with Crippen molar-refractivity contribution in [3.05, 3.63) is 29.3 Å². The average Bonchev–Trinajstić information content (AvgIpc) is 2.75. The Bertz CT molecular complexity index is 463. The van der Waals surface area contributed by atoms with Crippen LogP contribution in [0.2, 0.25) is 0 Å². The van der Waals surface area contributed by atoms with Gasteiger partial charge >= 0.3 is 0 Å². The van der Waals surface area contributed by atoms with E-state index in [1.807, 2.05) is 7.05 Å². The van der Waals surface area contributed by atoms with E-state index in [1.54, 1.807) is 5.56 Å². The van der Waals surface area contributed by atoms with Crippen LogP contribution in [0.15, 0.2) is 18.2 Å². The molecule has 0 unspecified atom stereocenters. The minimum Gasteiger partial charge on any atom is -0.370 e. The SMILES string of the molecule is CCCN1CC2(CCNCC2)c2cc(CNC)ccc21. The highest BCUT2D eigenvalue weighted by Gasteiger charge is 2.42. The summed E-state index contributed by atoms with van der Waals surface area (Å²) in [6, 6.07) is 7.11. The third kappa shape index (κ3) is 2.33. The van der Waals surface area contributed by atoms with Gasteiger partial charge in [-0.25, -0.2) is 0 Å². The molecule has 2 heterocycles. The first-order chi connectivity index (χ1) is 9.79. The maximum atomic E-state index is 3.52. The summed E-state index contributed by atoms with van der Waals surface area (Å²) in [7, 11) is 2.02. The summed E-state index contributed by atoms with van der Waals surface area (Å²) in [5, 5.41) is 6.80. The number of rotatable bonds is 4. The van der Waals surface area contributed by atoms with Gasteiger partial charge in [0, 0.05) is 30.7 Å². The first-order valence-corrected chi connectivity index (χ1v) is 8.03. The van der Waals surface area contributed by atoms with Crippen molar-refractivity contribution >= 4 is 5.69 Å². The quantitative estimate of drug-likeness (QED) is 0.881. The molecule has 3 nitrogen and oxygen atoms in total. The van der Waals surface area contributed by atoms with Crippen molar-refractivity contribution in [2.45, 2.75) is 38.1 Å².